The van der Waals surface area contributed by atoms with Crippen molar-refractivity contribution >= 4 is 0 Å². The zero-order valence-electron chi connectivity index (χ0n) is 11.3. The van der Waals surface area contributed by atoms with Gasteiger partial charge in [0.25, 0.3) is 0 Å². The largest absolute Gasteiger partial charge is 0.311 e. The Morgan fingerprint density at radius 1 is 1.35 bits per heavy atom. The monoisotopic (exact) mass is 232 g/mol. The van der Waals surface area contributed by atoms with Crippen molar-refractivity contribution in [1.82, 2.24) is 10.2 Å². The Labute approximate surface area is 105 Å². The molecule has 2 rings (SSSR count). The van der Waals surface area contributed by atoms with Gasteiger partial charge in [-0.05, 0) is 57.0 Å². The molecule has 0 aliphatic carbocycles. The molecule has 1 fully saturated rings. The van der Waals surface area contributed by atoms with E-state index in [1.165, 1.54) is 36.1 Å². The minimum absolute atomic E-state index is 0.736. The lowest BCUT2D eigenvalue weighted by atomic mass is 10.0. The number of hydrogen-bond donors (Lipinski definition) is 1. The highest BCUT2D eigenvalue weighted by Gasteiger charge is 2.19. The number of aryl methyl sites for hydroxylation is 1. The Morgan fingerprint density at radius 3 is 2.88 bits per heavy atom. The summed E-state index contributed by atoms with van der Waals surface area (Å²) in [5.41, 5.74) is 4.26. The second kappa shape index (κ2) is 5.65. The molecule has 94 valence electrons. The smallest absolute Gasteiger partial charge is 0.0218 e. The Balaban J connectivity index is 1.84. The molecule has 1 N–H and O–H groups in total. The van der Waals surface area contributed by atoms with Crippen LogP contribution in [0.15, 0.2) is 18.2 Å². The van der Waals surface area contributed by atoms with E-state index in [0.29, 0.717) is 0 Å². The van der Waals surface area contributed by atoms with E-state index >= 15 is 0 Å². The van der Waals surface area contributed by atoms with Crippen LogP contribution in [0.5, 0.6) is 0 Å². The third-order valence-corrected chi connectivity index (χ3v) is 4.08. The summed E-state index contributed by atoms with van der Waals surface area (Å²) in [4.78, 5) is 2.47. The van der Waals surface area contributed by atoms with Crippen LogP contribution in [0.25, 0.3) is 0 Å². The van der Waals surface area contributed by atoms with Crippen LogP contribution >= 0.6 is 0 Å². The summed E-state index contributed by atoms with van der Waals surface area (Å²) < 4.78 is 0. The standard InChI is InChI=1S/C15H24N2/c1-12-6-4-7-14(13(12)2)10-16-11-15-8-5-9-17(15)3/h4,6-7,15-16H,5,8-11H2,1-3H3. The molecule has 0 saturated carbocycles. The van der Waals surface area contributed by atoms with E-state index in [1.54, 1.807) is 0 Å². The molecule has 0 amide bonds. The predicted octanol–water partition coefficient (Wildman–Crippen LogP) is 2.49. The van der Waals surface area contributed by atoms with Crippen molar-refractivity contribution in [3.05, 3.63) is 34.9 Å². The molecule has 1 unspecified atom stereocenters. The second-order valence-electron chi connectivity index (χ2n) is 5.27. The number of hydrogen-bond acceptors (Lipinski definition) is 2. The van der Waals surface area contributed by atoms with Gasteiger partial charge in [-0.2, -0.15) is 0 Å². The van der Waals surface area contributed by atoms with Crippen molar-refractivity contribution in [1.29, 1.82) is 0 Å². The highest BCUT2D eigenvalue weighted by Crippen LogP contribution is 2.15. The molecule has 0 spiro atoms. The maximum Gasteiger partial charge on any atom is 0.0218 e. The molecule has 1 atom stereocenters. The van der Waals surface area contributed by atoms with Gasteiger partial charge in [0.05, 0.1) is 0 Å². The van der Waals surface area contributed by atoms with Crippen molar-refractivity contribution < 1.29 is 0 Å². The van der Waals surface area contributed by atoms with Crippen LogP contribution in [0.4, 0.5) is 0 Å². The maximum absolute atomic E-state index is 3.60. The summed E-state index contributed by atoms with van der Waals surface area (Å²) in [6.45, 7) is 7.77. The van der Waals surface area contributed by atoms with Crippen LogP contribution in [-0.2, 0) is 6.54 Å². The minimum atomic E-state index is 0.736. The van der Waals surface area contributed by atoms with Crippen LogP contribution in [0, 0.1) is 13.8 Å². The normalized spacial score (nSPS) is 21.0. The van der Waals surface area contributed by atoms with E-state index in [1.807, 2.05) is 0 Å². The summed E-state index contributed by atoms with van der Waals surface area (Å²) in [6.07, 6.45) is 2.70. The molecule has 1 aliphatic rings. The Kier molecular flexibility index (Phi) is 4.19. The van der Waals surface area contributed by atoms with Crippen LogP contribution in [0.2, 0.25) is 0 Å². The minimum Gasteiger partial charge on any atom is -0.311 e. The van der Waals surface area contributed by atoms with Gasteiger partial charge >= 0.3 is 0 Å². The first kappa shape index (κ1) is 12.6. The first-order valence-corrected chi connectivity index (χ1v) is 6.64. The lowest BCUT2D eigenvalue weighted by Gasteiger charge is -2.20. The molecular weight excluding hydrogens is 208 g/mol. The third-order valence-electron chi connectivity index (χ3n) is 4.08. The first-order chi connectivity index (χ1) is 8.18. The number of likely N-dealkylation sites (N-methyl/N-ethyl adjacent to an activating group) is 1. The van der Waals surface area contributed by atoms with Gasteiger partial charge in [-0.3, -0.25) is 0 Å². The average Bonchev–Trinajstić information content (AvgIpc) is 2.71. The molecule has 1 aromatic carbocycles. The lowest BCUT2D eigenvalue weighted by molar-refractivity contribution is 0.300. The molecule has 0 radical (unpaired) electrons. The van der Waals surface area contributed by atoms with Crippen molar-refractivity contribution in [2.45, 2.75) is 39.3 Å². The first-order valence-electron chi connectivity index (χ1n) is 6.64. The topological polar surface area (TPSA) is 15.3 Å². The lowest BCUT2D eigenvalue weighted by Crippen LogP contribution is -2.35. The number of rotatable bonds is 4. The van der Waals surface area contributed by atoms with Gasteiger partial charge in [0.15, 0.2) is 0 Å². The summed E-state index contributed by atoms with van der Waals surface area (Å²) in [7, 11) is 2.23. The van der Waals surface area contributed by atoms with Gasteiger partial charge in [-0.1, -0.05) is 18.2 Å². The summed E-state index contributed by atoms with van der Waals surface area (Å²) in [5, 5.41) is 3.60. The third kappa shape index (κ3) is 3.08. The molecule has 1 aromatic rings. The molecule has 2 heteroatoms. The van der Waals surface area contributed by atoms with Crippen LogP contribution in [-0.4, -0.2) is 31.1 Å². The highest BCUT2D eigenvalue weighted by atomic mass is 15.2. The van der Waals surface area contributed by atoms with Gasteiger partial charge in [-0.25, -0.2) is 0 Å². The van der Waals surface area contributed by atoms with Gasteiger partial charge in [0.1, 0.15) is 0 Å². The van der Waals surface area contributed by atoms with Crippen LogP contribution in [0.1, 0.15) is 29.5 Å². The Bertz CT molecular complexity index is 373. The summed E-state index contributed by atoms with van der Waals surface area (Å²) in [6, 6.07) is 7.30. The molecule has 2 nitrogen and oxygen atoms in total. The van der Waals surface area contributed by atoms with Crippen molar-refractivity contribution in [3.8, 4) is 0 Å². The fourth-order valence-corrected chi connectivity index (χ4v) is 2.61. The quantitative estimate of drug-likeness (QED) is 0.858. The maximum atomic E-state index is 3.60. The summed E-state index contributed by atoms with van der Waals surface area (Å²) >= 11 is 0. The van der Waals surface area contributed by atoms with Crippen molar-refractivity contribution in [3.63, 3.8) is 0 Å². The zero-order valence-corrected chi connectivity index (χ0v) is 11.3. The zero-order chi connectivity index (χ0) is 12.3. The average molecular weight is 232 g/mol. The highest BCUT2D eigenvalue weighted by molar-refractivity contribution is 5.32. The van der Waals surface area contributed by atoms with Crippen LogP contribution < -0.4 is 5.32 Å². The van der Waals surface area contributed by atoms with E-state index in [9.17, 15) is 0 Å². The number of nitrogens with one attached hydrogen (secondary N) is 1. The molecular formula is C15H24N2. The van der Waals surface area contributed by atoms with E-state index in [4.69, 9.17) is 0 Å². The SMILES string of the molecule is Cc1cccc(CNCC2CCCN2C)c1C. The molecule has 1 saturated heterocycles. The second-order valence-corrected chi connectivity index (χ2v) is 5.27. The van der Waals surface area contributed by atoms with Gasteiger partial charge in [0.2, 0.25) is 0 Å². The number of likely N-dealkylation sites (tertiary alicyclic amines) is 1. The van der Waals surface area contributed by atoms with Gasteiger partial charge in [-0.15, -0.1) is 0 Å². The van der Waals surface area contributed by atoms with E-state index < -0.39 is 0 Å². The Morgan fingerprint density at radius 2 is 2.18 bits per heavy atom. The van der Waals surface area contributed by atoms with E-state index in [2.05, 4.69) is 49.3 Å². The fraction of sp³-hybridized carbons (Fsp3) is 0.600. The van der Waals surface area contributed by atoms with Crippen molar-refractivity contribution in [2.24, 2.45) is 0 Å². The van der Waals surface area contributed by atoms with E-state index in [0.717, 1.165) is 19.1 Å². The molecule has 0 aromatic heterocycles. The molecule has 1 aliphatic heterocycles. The fourth-order valence-electron chi connectivity index (χ4n) is 2.61. The number of nitrogens with zero attached hydrogens (tertiary/aromatic N) is 1. The Hall–Kier alpha value is -0.860. The molecule has 1 heterocycles. The van der Waals surface area contributed by atoms with E-state index in [-0.39, 0.29) is 0 Å². The summed E-state index contributed by atoms with van der Waals surface area (Å²) in [5.74, 6) is 0. The van der Waals surface area contributed by atoms with Gasteiger partial charge in [0, 0.05) is 19.1 Å². The number of benzene rings is 1. The van der Waals surface area contributed by atoms with Crippen LogP contribution in [0.3, 0.4) is 0 Å². The predicted molar refractivity (Wildman–Crippen MR) is 73.3 cm³/mol. The van der Waals surface area contributed by atoms with Gasteiger partial charge < -0.3 is 10.2 Å². The molecule has 17 heavy (non-hydrogen) atoms. The molecule has 0 bridgehead atoms. The van der Waals surface area contributed by atoms with Crippen molar-refractivity contribution in [2.75, 3.05) is 20.1 Å².